The van der Waals surface area contributed by atoms with Gasteiger partial charge in [-0.15, -0.1) is 0 Å². The van der Waals surface area contributed by atoms with Crippen LogP contribution in [0.4, 0.5) is 0 Å². The minimum absolute atomic E-state index is 0.704. The average Bonchev–Trinajstić information content (AvgIpc) is 2.70. The Morgan fingerprint density at radius 3 is 1.63 bits per heavy atom. The zero-order valence-corrected chi connectivity index (χ0v) is 19.8. The smallest absolute Gasteiger partial charge is 0.0406 e. The topological polar surface area (TPSA) is 25.8 Å². The maximum absolute atomic E-state index is 4.22. The van der Waals surface area contributed by atoms with E-state index < -0.39 is 0 Å². The number of pyridine rings is 2. The highest BCUT2D eigenvalue weighted by Crippen LogP contribution is 2.06. The van der Waals surface area contributed by atoms with Crippen LogP contribution in [0.3, 0.4) is 0 Å². The van der Waals surface area contributed by atoms with E-state index in [4.69, 9.17) is 0 Å². The molecule has 1 aromatic carbocycles. The summed E-state index contributed by atoms with van der Waals surface area (Å²) in [6.07, 6.45) is 9.00. The van der Waals surface area contributed by atoms with E-state index in [9.17, 15) is 0 Å². The Bertz CT molecular complexity index is 642. The minimum atomic E-state index is 0.704. The predicted molar refractivity (Wildman–Crippen MR) is 131 cm³/mol. The van der Waals surface area contributed by atoms with Crippen LogP contribution in [0.2, 0.25) is 0 Å². The molecule has 2 heterocycles. The Hall–Kier alpha value is -2.48. The first-order chi connectivity index (χ1) is 14.4. The molecule has 0 unspecified atom stereocenters. The van der Waals surface area contributed by atoms with Crippen molar-refractivity contribution < 1.29 is 0 Å². The van der Waals surface area contributed by atoms with Gasteiger partial charge in [-0.1, -0.05) is 84.0 Å². The Labute approximate surface area is 184 Å². The quantitative estimate of drug-likeness (QED) is 0.426. The molecule has 2 aromatic heterocycles. The molecule has 0 amide bonds. The third-order valence-electron chi connectivity index (χ3n) is 4.20. The normalized spacial score (nSPS) is 10.3. The van der Waals surface area contributed by atoms with Crippen LogP contribution >= 0.6 is 0 Å². The van der Waals surface area contributed by atoms with Crippen LogP contribution in [-0.4, -0.2) is 9.97 Å². The number of nitrogens with zero attached hydrogens (tertiary/aromatic N) is 2. The Morgan fingerprint density at radius 2 is 1.13 bits per heavy atom. The van der Waals surface area contributed by atoms with Gasteiger partial charge in [0, 0.05) is 24.3 Å². The van der Waals surface area contributed by atoms with Gasteiger partial charge in [0.05, 0.1) is 0 Å². The van der Waals surface area contributed by atoms with Gasteiger partial charge >= 0.3 is 0 Å². The summed E-state index contributed by atoms with van der Waals surface area (Å²) in [6.45, 7) is 13.3. The summed E-state index contributed by atoms with van der Waals surface area (Å²) in [4.78, 5) is 8.26. The molecule has 0 fully saturated rings. The molecule has 3 rings (SSSR count). The average molecular weight is 405 g/mol. The van der Waals surface area contributed by atoms with Crippen LogP contribution in [0.1, 0.15) is 58.4 Å². The van der Waals surface area contributed by atoms with Gasteiger partial charge < -0.3 is 0 Å². The van der Waals surface area contributed by atoms with Gasteiger partial charge in [-0.3, -0.25) is 9.97 Å². The number of rotatable bonds is 6. The lowest BCUT2D eigenvalue weighted by Crippen LogP contribution is -1.95. The molecule has 162 valence electrons. The number of hydrogen-bond donors (Lipinski definition) is 0. The van der Waals surface area contributed by atoms with Crippen LogP contribution in [0.25, 0.3) is 0 Å². The third kappa shape index (κ3) is 13.7. The molecule has 0 bridgehead atoms. The molecule has 0 N–H and O–H groups in total. The van der Waals surface area contributed by atoms with E-state index >= 15 is 0 Å². The zero-order valence-electron chi connectivity index (χ0n) is 19.8. The van der Waals surface area contributed by atoms with Crippen LogP contribution in [0, 0.1) is 17.8 Å². The van der Waals surface area contributed by atoms with Crippen molar-refractivity contribution >= 4 is 0 Å². The minimum Gasteiger partial charge on any atom is -0.264 e. The largest absolute Gasteiger partial charge is 0.264 e. The maximum atomic E-state index is 4.22. The summed E-state index contributed by atoms with van der Waals surface area (Å²) in [6, 6.07) is 20.8. The highest BCUT2D eigenvalue weighted by molar-refractivity contribution is 5.14. The van der Waals surface area contributed by atoms with E-state index in [1.165, 1.54) is 23.2 Å². The lowest BCUT2D eigenvalue weighted by Gasteiger charge is -2.02. The standard InChI is InChI=1S/C10H14.2C9H13N/c1-9(2)8-10-6-4-3-5-7-10;1-8(2)6-9-4-3-5-10-7-9;1-8(2)7-9-5-3-4-6-10-9/h3-7,9H,8H2,1-2H3;3-5,7-8H,6H2,1-2H3;3-6,8H,7H2,1-2H3. The summed E-state index contributed by atoms with van der Waals surface area (Å²) < 4.78 is 0. The van der Waals surface area contributed by atoms with Crippen molar-refractivity contribution in [2.75, 3.05) is 0 Å². The fraction of sp³-hybridized carbons (Fsp3) is 0.429. The molecule has 0 atom stereocenters. The summed E-state index contributed by atoms with van der Waals surface area (Å²) >= 11 is 0. The Kier molecular flexibility index (Phi) is 13.1. The van der Waals surface area contributed by atoms with Crippen molar-refractivity contribution in [1.29, 1.82) is 0 Å². The molecule has 0 saturated carbocycles. The van der Waals surface area contributed by atoms with Crippen LogP contribution in [0.5, 0.6) is 0 Å². The van der Waals surface area contributed by atoms with Gasteiger partial charge in [-0.25, -0.2) is 0 Å². The fourth-order valence-electron chi connectivity index (χ4n) is 3.01. The first-order valence-corrected chi connectivity index (χ1v) is 11.2. The van der Waals surface area contributed by atoms with Crippen molar-refractivity contribution in [2.45, 2.75) is 60.8 Å². The molecule has 30 heavy (non-hydrogen) atoms. The molecule has 0 radical (unpaired) electrons. The third-order valence-corrected chi connectivity index (χ3v) is 4.20. The molecule has 0 aliphatic rings. The van der Waals surface area contributed by atoms with E-state index in [1.807, 2.05) is 36.8 Å². The lowest BCUT2D eigenvalue weighted by atomic mass is 10.0. The van der Waals surface area contributed by atoms with Gasteiger partial charge in [0.2, 0.25) is 0 Å². The molecule has 0 saturated heterocycles. The van der Waals surface area contributed by atoms with Crippen molar-refractivity contribution in [3.8, 4) is 0 Å². The zero-order chi connectivity index (χ0) is 22.2. The van der Waals surface area contributed by atoms with Gasteiger partial charge in [0.15, 0.2) is 0 Å². The van der Waals surface area contributed by atoms with Crippen molar-refractivity contribution in [3.05, 3.63) is 96.1 Å². The summed E-state index contributed by atoms with van der Waals surface area (Å²) in [5.74, 6) is 2.20. The van der Waals surface area contributed by atoms with Gasteiger partial charge in [-0.05, 0) is 66.3 Å². The first kappa shape index (κ1) is 25.6. The Morgan fingerprint density at radius 1 is 0.567 bits per heavy atom. The summed E-state index contributed by atoms with van der Waals surface area (Å²) in [5.41, 5.74) is 3.97. The predicted octanol–water partition coefficient (Wildman–Crippen LogP) is 7.45. The van der Waals surface area contributed by atoms with E-state index in [1.54, 1.807) is 0 Å². The van der Waals surface area contributed by atoms with E-state index in [-0.39, 0.29) is 0 Å². The number of aromatic nitrogens is 2. The highest BCUT2D eigenvalue weighted by Gasteiger charge is 1.96. The molecule has 2 heteroatoms. The molecule has 0 aliphatic heterocycles. The Balaban J connectivity index is 0.000000225. The van der Waals surface area contributed by atoms with E-state index in [2.05, 4.69) is 94.0 Å². The van der Waals surface area contributed by atoms with Gasteiger partial charge in [0.1, 0.15) is 0 Å². The second-order valence-electron chi connectivity index (χ2n) is 8.96. The van der Waals surface area contributed by atoms with E-state index in [0.29, 0.717) is 5.92 Å². The molecule has 2 nitrogen and oxygen atoms in total. The van der Waals surface area contributed by atoms with E-state index in [0.717, 1.165) is 24.7 Å². The number of hydrogen-bond acceptors (Lipinski definition) is 2. The summed E-state index contributed by atoms with van der Waals surface area (Å²) in [5, 5.41) is 0. The van der Waals surface area contributed by atoms with Crippen molar-refractivity contribution in [3.63, 3.8) is 0 Å². The number of benzene rings is 1. The monoisotopic (exact) mass is 404 g/mol. The van der Waals surface area contributed by atoms with Crippen LogP contribution < -0.4 is 0 Å². The second kappa shape index (κ2) is 15.4. The second-order valence-corrected chi connectivity index (χ2v) is 8.96. The lowest BCUT2D eigenvalue weighted by molar-refractivity contribution is 0.635. The highest BCUT2D eigenvalue weighted by atomic mass is 14.7. The van der Waals surface area contributed by atoms with Crippen LogP contribution in [0.15, 0.2) is 79.3 Å². The maximum Gasteiger partial charge on any atom is 0.0406 e. The van der Waals surface area contributed by atoms with Gasteiger partial charge in [-0.2, -0.15) is 0 Å². The van der Waals surface area contributed by atoms with Crippen molar-refractivity contribution in [1.82, 2.24) is 9.97 Å². The van der Waals surface area contributed by atoms with Crippen LogP contribution in [-0.2, 0) is 19.3 Å². The molecular weight excluding hydrogens is 364 g/mol. The molecule has 0 aliphatic carbocycles. The summed E-state index contributed by atoms with van der Waals surface area (Å²) in [7, 11) is 0. The molecule has 0 spiro atoms. The first-order valence-electron chi connectivity index (χ1n) is 11.2. The fourth-order valence-corrected chi connectivity index (χ4v) is 3.01. The van der Waals surface area contributed by atoms with Crippen molar-refractivity contribution in [2.24, 2.45) is 17.8 Å². The van der Waals surface area contributed by atoms with Gasteiger partial charge in [0.25, 0.3) is 0 Å². The molecule has 3 aromatic rings. The SMILES string of the molecule is CC(C)Cc1ccccc1.CC(C)Cc1ccccn1.CC(C)Cc1cccnc1. The molecular formula is C28H40N2.